The maximum Gasteiger partial charge on any atom is 0.201 e. The van der Waals surface area contributed by atoms with Crippen molar-refractivity contribution in [1.82, 2.24) is 0 Å². The molecule has 3 heteroatoms. The van der Waals surface area contributed by atoms with Crippen molar-refractivity contribution in [2.45, 2.75) is 105 Å². The van der Waals surface area contributed by atoms with Crippen LogP contribution in [0.2, 0.25) is 0 Å². The summed E-state index contributed by atoms with van der Waals surface area (Å²) in [5.74, 6) is 1.08. The van der Waals surface area contributed by atoms with Gasteiger partial charge < -0.3 is 8.39 Å². The Balaban J connectivity index is 2.41. The molecule has 2 nitrogen and oxygen atoms in total. The third-order valence-electron chi connectivity index (χ3n) is 6.92. The maximum absolute atomic E-state index is 6.32. The van der Waals surface area contributed by atoms with Crippen molar-refractivity contribution in [3.63, 3.8) is 0 Å². The lowest BCUT2D eigenvalue weighted by Crippen LogP contribution is -1.97. The number of fused-ring (bicyclic) bond motifs is 3. The number of rotatable bonds is 10. The molecule has 3 rings (SSSR count). The number of hydrogen-bond donors (Lipinski definition) is 0. The summed E-state index contributed by atoms with van der Waals surface area (Å²) in [7, 11) is 0.0149. The summed E-state index contributed by atoms with van der Waals surface area (Å²) in [6.45, 7) is 13.8. The van der Waals surface area contributed by atoms with Crippen LogP contribution in [0.15, 0.2) is 32.7 Å². The summed E-state index contributed by atoms with van der Waals surface area (Å²) in [5, 5.41) is 2.48. The molecular weight excluding hydrogens is 399 g/mol. The molecular formula is C28H41O2P. The van der Waals surface area contributed by atoms with Crippen molar-refractivity contribution in [2.75, 3.05) is 0 Å². The molecule has 3 aromatic rings. The van der Waals surface area contributed by atoms with Gasteiger partial charge in [0.1, 0.15) is 11.2 Å². The molecule has 0 aliphatic rings. The van der Waals surface area contributed by atoms with Crippen molar-refractivity contribution in [2.24, 2.45) is 0 Å². The topological polar surface area (TPSA) is 26.3 Å². The van der Waals surface area contributed by atoms with Crippen LogP contribution in [0.25, 0.3) is 21.9 Å². The first-order valence-corrected chi connectivity index (χ1v) is 13.3. The van der Waals surface area contributed by atoms with Crippen molar-refractivity contribution in [3.8, 4) is 0 Å². The van der Waals surface area contributed by atoms with E-state index < -0.39 is 0 Å². The summed E-state index contributed by atoms with van der Waals surface area (Å²) < 4.78 is 12.6. The van der Waals surface area contributed by atoms with Crippen molar-refractivity contribution < 1.29 is 8.39 Å². The molecule has 0 N–H and O–H groups in total. The normalized spacial score (nSPS) is 13.9. The molecule has 0 bridgehead atoms. The van der Waals surface area contributed by atoms with Crippen LogP contribution >= 0.6 is 8.67 Å². The van der Waals surface area contributed by atoms with Gasteiger partial charge in [0.05, 0.1) is 0 Å². The van der Waals surface area contributed by atoms with Crippen LogP contribution in [0.4, 0.5) is 0 Å². The molecule has 0 aliphatic heterocycles. The van der Waals surface area contributed by atoms with Gasteiger partial charge in [0.2, 0.25) is 8.67 Å². The highest BCUT2D eigenvalue weighted by molar-refractivity contribution is 7.15. The Morgan fingerprint density at radius 3 is 1.45 bits per heavy atom. The minimum atomic E-state index is 0.0149. The Bertz CT molecular complexity index is 953. The van der Waals surface area contributed by atoms with E-state index in [1.54, 1.807) is 0 Å². The predicted octanol–water partition coefficient (Wildman–Crippen LogP) is 10.0. The first-order valence-electron chi connectivity index (χ1n) is 12.5. The SMILES string of the molecule is CCCCc1cc(C(C)CC)cc2c1o[pH]oc1c(CCCC)cc(C(C)CC)cc12. The Hall–Kier alpha value is -1.66. The third-order valence-corrected chi connectivity index (χ3v) is 7.49. The number of aryl methyl sites for hydroxylation is 2. The minimum absolute atomic E-state index is 0.0149. The van der Waals surface area contributed by atoms with E-state index in [2.05, 4.69) is 65.8 Å². The van der Waals surface area contributed by atoms with Crippen LogP contribution in [0, 0.1) is 0 Å². The quantitative estimate of drug-likeness (QED) is 0.313. The summed E-state index contributed by atoms with van der Waals surface area (Å²) >= 11 is 0. The molecule has 0 amide bonds. The van der Waals surface area contributed by atoms with Crippen LogP contribution in [0.5, 0.6) is 0 Å². The van der Waals surface area contributed by atoms with Crippen LogP contribution in [0.1, 0.15) is 114 Å². The molecule has 1 heterocycles. The highest BCUT2D eigenvalue weighted by atomic mass is 31.1. The standard InChI is InChI=1S/C28H41O2P/c1-7-11-13-21-15-23(19(5)9-3)17-25-26-18-24(20(6)10-4)16-22(14-12-8-2)28(26)30-31-29-27(21)25/h15-20,31H,7-14H2,1-6H3. The molecule has 0 fully saturated rings. The fourth-order valence-electron chi connectivity index (χ4n) is 4.32. The van der Waals surface area contributed by atoms with E-state index in [9.17, 15) is 0 Å². The van der Waals surface area contributed by atoms with Gasteiger partial charge in [0, 0.05) is 10.8 Å². The van der Waals surface area contributed by atoms with E-state index in [0.717, 1.165) is 36.8 Å². The molecule has 0 saturated carbocycles. The summed E-state index contributed by atoms with van der Waals surface area (Å²) in [4.78, 5) is 0. The Morgan fingerprint density at radius 1 is 0.677 bits per heavy atom. The molecule has 2 unspecified atom stereocenters. The van der Waals surface area contributed by atoms with Crippen LogP contribution in [0.3, 0.4) is 0 Å². The molecule has 31 heavy (non-hydrogen) atoms. The largest absolute Gasteiger partial charge is 0.421 e. The second-order valence-electron chi connectivity index (χ2n) is 9.23. The predicted molar refractivity (Wildman–Crippen MR) is 138 cm³/mol. The second-order valence-corrected chi connectivity index (χ2v) is 9.80. The number of unbranched alkanes of at least 4 members (excludes halogenated alkanes) is 2. The van der Waals surface area contributed by atoms with Gasteiger partial charge in [-0.15, -0.1) is 0 Å². The van der Waals surface area contributed by atoms with Gasteiger partial charge in [-0.05, 0) is 84.7 Å². The Labute approximate surface area is 190 Å². The molecule has 1 aromatic heterocycles. The van der Waals surface area contributed by atoms with E-state index in [1.165, 1.54) is 58.7 Å². The smallest absolute Gasteiger partial charge is 0.201 e. The zero-order valence-corrected chi connectivity index (χ0v) is 21.4. The highest BCUT2D eigenvalue weighted by Gasteiger charge is 2.16. The Morgan fingerprint density at radius 2 is 1.10 bits per heavy atom. The summed E-state index contributed by atoms with van der Waals surface area (Å²) in [5.41, 5.74) is 7.67. The Kier molecular flexibility index (Phi) is 8.73. The molecule has 2 aromatic carbocycles. The fourth-order valence-corrected chi connectivity index (χ4v) is 5.01. The van der Waals surface area contributed by atoms with Gasteiger partial charge in [-0.2, -0.15) is 0 Å². The van der Waals surface area contributed by atoms with E-state index in [0.29, 0.717) is 11.8 Å². The van der Waals surface area contributed by atoms with E-state index in [4.69, 9.17) is 8.39 Å². The average Bonchev–Trinajstić information content (AvgIpc) is 2.99. The third kappa shape index (κ3) is 5.40. The van der Waals surface area contributed by atoms with E-state index >= 15 is 0 Å². The lowest BCUT2D eigenvalue weighted by molar-refractivity contribution is 0.650. The van der Waals surface area contributed by atoms with Crippen LogP contribution in [-0.2, 0) is 12.8 Å². The molecule has 0 radical (unpaired) electrons. The molecule has 0 spiro atoms. The fraction of sp³-hybridized carbons (Fsp3) is 0.571. The van der Waals surface area contributed by atoms with Crippen molar-refractivity contribution >= 4 is 30.6 Å². The van der Waals surface area contributed by atoms with E-state index in [-0.39, 0.29) is 8.67 Å². The van der Waals surface area contributed by atoms with Crippen molar-refractivity contribution in [1.29, 1.82) is 0 Å². The first kappa shape index (κ1) is 24.0. The van der Waals surface area contributed by atoms with Gasteiger partial charge in [0.25, 0.3) is 0 Å². The highest BCUT2D eigenvalue weighted by Crippen LogP contribution is 2.37. The van der Waals surface area contributed by atoms with Crippen LogP contribution < -0.4 is 0 Å². The number of hydrogen-bond acceptors (Lipinski definition) is 2. The van der Waals surface area contributed by atoms with Gasteiger partial charge in [-0.3, -0.25) is 0 Å². The monoisotopic (exact) mass is 440 g/mol. The van der Waals surface area contributed by atoms with E-state index in [1.807, 2.05) is 0 Å². The zero-order chi connectivity index (χ0) is 22.4. The molecule has 170 valence electrons. The average molecular weight is 441 g/mol. The van der Waals surface area contributed by atoms with Gasteiger partial charge in [0.15, 0.2) is 0 Å². The van der Waals surface area contributed by atoms with Gasteiger partial charge in [-0.25, -0.2) is 0 Å². The summed E-state index contributed by atoms with van der Waals surface area (Å²) in [6, 6.07) is 9.57. The van der Waals surface area contributed by atoms with Crippen molar-refractivity contribution in [3.05, 3.63) is 46.5 Å². The lowest BCUT2D eigenvalue weighted by atomic mass is 9.90. The maximum atomic E-state index is 6.32. The molecule has 2 atom stereocenters. The van der Waals surface area contributed by atoms with Gasteiger partial charge in [-0.1, -0.05) is 66.5 Å². The summed E-state index contributed by atoms with van der Waals surface area (Å²) in [6.07, 6.45) is 9.18. The molecule has 0 aliphatic carbocycles. The second kappa shape index (κ2) is 11.3. The van der Waals surface area contributed by atoms with Gasteiger partial charge >= 0.3 is 0 Å². The molecule has 0 saturated heterocycles. The first-order chi connectivity index (χ1) is 15.0. The number of benzene rings is 2. The lowest BCUT2D eigenvalue weighted by Gasteiger charge is -2.15. The minimum Gasteiger partial charge on any atom is -0.421 e. The zero-order valence-electron chi connectivity index (χ0n) is 20.4. The van der Waals surface area contributed by atoms with Crippen LogP contribution in [-0.4, -0.2) is 0 Å².